The molecule has 0 radical (unpaired) electrons. The van der Waals surface area contributed by atoms with Crippen molar-refractivity contribution >= 4 is 5.97 Å². The summed E-state index contributed by atoms with van der Waals surface area (Å²) in [7, 11) is 0. The van der Waals surface area contributed by atoms with Crippen molar-refractivity contribution in [3.63, 3.8) is 0 Å². The molecule has 0 spiro atoms. The molecule has 17 heavy (non-hydrogen) atoms. The van der Waals surface area contributed by atoms with Crippen molar-refractivity contribution in [1.82, 2.24) is 0 Å². The van der Waals surface area contributed by atoms with Gasteiger partial charge in [-0.3, -0.25) is 0 Å². The topological polar surface area (TPSA) is 38.8 Å². The fourth-order valence-corrected chi connectivity index (χ4v) is 3.55. The first-order valence-electron chi connectivity index (χ1n) is 6.71. The fourth-order valence-electron chi connectivity index (χ4n) is 3.55. The molecular formula is C14H24O3. The third-order valence-corrected chi connectivity index (χ3v) is 4.12. The van der Waals surface area contributed by atoms with Gasteiger partial charge < -0.3 is 9.47 Å². The molecule has 3 heteroatoms. The van der Waals surface area contributed by atoms with Crippen molar-refractivity contribution in [1.29, 1.82) is 0 Å². The molecule has 2 fully saturated rings. The Morgan fingerprint density at radius 2 is 2.06 bits per heavy atom. The number of hydrogen-bond donors (Lipinski definition) is 0. The molecule has 1 aliphatic heterocycles. The highest BCUT2D eigenvalue weighted by Crippen LogP contribution is 2.51. The van der Waals surface area contributed by atoms with Crippen LogP contribution in [0.4, 0.5) is 0 Å². The van der Waals surface area contributed by atoms with Gasteiger partial charge in [-0.25, -0.2) is 4.79 Å². The lowest BCUT2D eigenvalue weighted by Crippen LogP contribution is -2.42. The lowest BCUT2D eigenvalue weighted by Gasteiger charge is -2.40. The summed E-state index contributed by atoms with van der Waals surface area (Å²) in [6, 6.07) is 0. The van der Waals surface area contributed by atoms with Gasteiger partial charge in [-0.2, -0.15) is 0 Å². The summed E-state index contributed by atoms with van der Waals surface area (Å²) in [5.41, 5.74) is -0.282. The van der Waals surface area contributed by atoms with E-state index in [1.165, 1.54) is 6.42 Å². The summed E-state index contributed by atoms with van der Waals surface area (Å²) in [6.45, 7) is 9.69. The van der Waals surface area contributed by atoms with Crippen LogP contribution in [0.3, 0.4) is 0 Å². The van der Waals surface area contributed by atoms with E-state index in [2.05, 4.69) is 20.8 Å². The van der Waals surface area contributed by atoms with Crippen molar-refractivity contribution in [2.24, 2.45) is 17.3 Å². The molecule has 1 saturated heterocycles. The Morgan fingerprint density at radius 1 is 1.41 bits per heavy atom. The fraction of sp³-hybridized carbons (Fsp3) is 0.929. The van der Waals surface area contributed by atoms with Crippen LogP contribution in [0.2, 0.25) is 0 Å². The average molecular weight is 240 g/mol. The molecule has 0 N–H and O–H groups in total. The van der Waals surface area contributed by atoms with Gasteiger partial charge >= 0.3 is 5.97 Å². The first-order valence-corrected chi connectivity index (χ1v) is 6.71. The van der Waals surface area contributed by atoms with Crippen LogP contribution in [0, 0.1) is 17.3 Å². The molecule has 2 aliphatic rings. The molecule has 0 amide bonds. The average Bonchev–Trinajstić information content (AvgIpc) is 2.95. The smallest absolute Gasteiger partial charge is 0.341 e. The zero-order valence-electron chi connectivity index (χ0n) is 11.4. The van der Waals surface area contributed by atoms with Crippen LogP contribution < -0.4 is 0 Å². The number of hydrogen-bond acceptors (Lipinski definition) is 3. The van der Waals surface area contributed by atoms with Crippen LogP contribution in [0.15, 0.2) is 0 Å². The maximum Gasteiger partial charge on any atom is 0.341 e. The summed E-state index contributed by atoms with van der Waals surface area (Å²) in [5, 5.41) is 0. The van der Waals surface area contributed by atoms with E-state index in [9.17, 15) is 4.79 Å². The van der Waals surface area contributed by atoms with Gasteiger partial charge in [0.15, 0.2) is 5.60 Å². The molecule has 0 aromatic carbocycles. The highest BCUT2D eigenvalue weighted by atomic mass is 16.6. The number of ether oxygens (including phenoxy) is 2. The number of carbonyl (C=O) groups is 1. The van der Waals surface area contributed by atoms with E-state index in [-0.39, 0.29) is 5.97 Å². The Kier molecular flexibility index (Phi) is 3.23. The summed E-state index contributed by atoms with van der Waals surface area (Å²) in [4.78, 5) is 12.0. The Labute approximate surface area is 104 Å². The summed E-state index contributed by atoms with van der Waals surface area (Å²) in [5.74, 6) is 0.856. The Morgan fingerprint density at radius 3 is 2.53 bits per heavy atom. The molecule has 3 unspecified atom stereocenters. The van der Waals surface area contributed by atoms with Crippen LogP contribution >= 0.6 is 0 Å². The van der Waals surface area contributed by atoms with E-state index in [4.69, 9.17) is 9.47 Å². The molecule has 2 rings (SSSR count). The highest BCUT2D eigenvalue weighted by molar-refractivity contribution is 5.82. The monoisotopic (exact) mass is 240 g/mol. The van der Waals surface area contributed by atoms with Crippen molar-refractivity contribution < 1.29 is 14.3 Å². The summed E-state index contributed by atoms with van der Waals surface area (Å²) < 4.78 is 10.7. The molecule has 0 aromatic heterocycles. The van der Waals surface area contributed by atoms with Gasteiger partial charge in [-0.1, -0.05) is 20.8 Å². The quantitative estimate of drug-likeness (QED) is 0.562. The predicted octanol–water partition coefficient (Wildman–Crippen LogP) is 2.78. The van der Waals surface area contributed by atoms with E-state index >= 15 is 0 Å². The van der Waals surface area contributed by atoms with Crippen LogP contribution in [-0.4, -0.2) is 24.8 Å². The van der Waals surface area contributed by atoms with Crippen LogP contribution in [0.25, 0.3) is 0 Å². The lowest BCUT2D eigenvalue weighted by molar-refractivity contribution is -0.153. The van der Waals surface area contributed by atoms with Gasteiger partial charge in [0.1, 0.15) is 0 Å². The van der Waals surface area contributed by atoms with E-state index < -0.39 is 5.60 Å². The zero-order valence-corrected chi connectivity index (χ0v) is 11.4. The Balaban J connectivity index is 2.09. The van der Waals surface area contributed by atoms with Crippen LogP contribution in [-0.2, 0) is 14.3 Å². The summed E-state index contributed by atoms with van der Waals surface area (Å²) >= 11 is 0. The van der Waals surface area contributed by atoms with Crippen molar-refractivity contribution in [3.8, 4) is 0 Å². The van der Waals surface area contributed by atoms with Crippen molar-refractivity contribution in [2.75, 3.05) is 13.2 Å². The second-order valence-corrected chi connectivity index (χ2v) is 6.51. The van der Waals surface area contributed by atoms with Crippen molar-refractivity contribution in [3.05, 3.63) is 0 Å². The van der Waals surface area contributed by atoms with Gasteiger partial charge in [-0.05, 0) is 37.5 Å². The third kappa shape index (κ3) is 2.49. The summed E-state index contributed by atoms with van der Waals surface area (Å²) in [6.07, 6.45) is 3.39. The maximum absolute atomic E-state index is 12.0. The molecular weight excluding hydrogens is 216 g/mol. The van der Waals surface area contributed by atoms with Gasteiger partial charge in [0, 0.05) is 5.92 Å². The van der Waals surface area contributed by atoms with E-state index in [0.717, 1.165) is 12.8 Å². The Bertz CT molecular complexity index is 305. The van der Waals surface area contributed by atoms with Gasteiger partial charge in [0.2, 0.25) is 0 Å². The molecule has 1 aliphatic carbocycles. The van der Waals surface area contributed by atoms with E-state index in [1.807, 2.05) is 6.92 Å². The maximum atomic E-state index is 12.0. The SMILES string of the molecule is CCOC(=O)C1(C2CC(C)CC(C)(C)C2)CO1. The van der Waals surface area contributed by atoms with E-state index in [0.29, 0.717) is 30.5 Å². The first kappa shape index (κ1) is 12.9. The Hall–Kier alpha value is -0.570. The number of esters is 1. The minimum Gasteiger partial charge on any atom is -0.464 e. The predicted molar refractivity (Wildman–Crippen MR) is 65.6 cm³/mol. The zero-order chi connectivity index (χ0) is 12.7. The highest BCUT2D eigenvalue weighted by Gasteiger charge is 2.61. The molecule has 1 saturated carbocycles. The molecule has 3 atom stereocenters. The second-order valence-electron chi connectivity index (χ2n) is 6.51. The van der Waals surface area contributed by atoms with Crippen LogP contribution in [0.5, 0.6) is 0 Å². The number of carbonyl (C=O) groups excluding carboxylic acids is 1. The molecule has 3 nitrogen and oxygen atoms in total. The molecule has 98 valence electrons. The minimum atomic E-state index is -0.595. The van der Waals surface area contributed by atoms with E-state index in [1.54, 1.807) is 0 Å². The first-order chi connectivity index (χ1) is 7.89. The third-order valence-electron chi connectivity index (χ3n) is 4.12. The largest absolute Gasteiger partial charge is 0.464 e. The van der Waals surface area contributed by atoms with Crippen molar-refractivity contribution in [2.45, 2.75) is 52.6 Å². The number of rotatable bonds is 3. The molecule has 0 bridgehead atoms. The van der Waals surface area contributed by atoms with Gasteiger partial charge in [0.05, 0.1) is 13.2 Å². The van der Waals surface area contributed by atoms with Crippen LogP contribution in [0.1, 0.15) is 47.0 Å². The lowest BCUT2D eigenvalue weighted by atomic mass is 9.64. The minimum absolute atomic E-state index is 0.144. The van der Waals surface area contributed by atoms with Gasteiger partial charge in [0.25, 0.3) is 0 Å². The second kappa shape index (κ2) is 4.27. The van der Waals surface area contributed by atoms with Gasteiger partial charge in [-0.15, -0.1) is 0 Å². The standard InChI is InChI=1S/C14H24O3/c1-5-16-12(15)14(9-17-14)11-6-10(2)7-13(3,4)8-11/h10-11H,5-9H2,1-4H3. The molecule has 0 aromatic rings. The molecule has 1 heterocycles. The normalized spacial score (nSPS) is 39.8. The number of epoxide rings is 1.